The Labute approximate surface area is 141 Å². The second-order valence-electron chi connectivity index (χ2n) is 5.46. The maximum Gasteiger partial charge on any atom is 0.257 e. The molecule has 2 rings (SSSR count). The first kappa shape index (κ1) is 17.3. The molecular formula is C18H21ClN2O2. The number of nitrogens with one attached hydrogen (secondary N) is 2. The average Bonchev–Trinajstić information content (AvgIpc) is 2.56. The van der Waals surface area contributed by atoms with Crippen LogP contribution in [0.25, 0.3) is 0 Å². The van der Waals surface area contributed by atoms with Crippen LogP contribution in [-0.2, 0) is 0 Å². The standard InChI is InChI=1S/C18H21ClN2O2/c1-12-6-5-7-13(2)17(12)21-18(23)15-8-3-4-9-16(15)20-11-14(22)10-19/h3-9,14,20,22H,10-11H2,1-2H3,(H,21,23). The van der Waals surface area contributed by atoms with Crippen molar-refractivity contribution >= 4 is 28.9 Å². The van der Waals surface area contributed by atoms with Crippen molar-refractivity contribution in [1.82, 2.24) is 0 Å². The van der Waals surface area contributed by atoms with Gasteiger partial charge >= 0.3 is 0 Å². The molecule has 0 fully saturated rings. The number of benzene rings is 2. The molecule has 0 bridgehead atoms. The third-order valence-electron chi connectivity index (χ3n) is 3.60. The lowest BCUT2D eigenvalue weighted by Gasteiger charge is -2.15. The van der Waals surface area contributed by atoms with E-state index in [1.165, 1.54) is 0 Å². The number of aliphatic hydroxyl groups is 1. The van der Waals surface area contributed by atoms with Crippen molar-refractivity contribution < 1.29 is 9.90 Å². The van der Waals surface area contributed by atoms with Crippen LogP contribution in [0.15, 0.2) is 42.5 Å². The quantitative estimate of drug-likeness (QED) is 0.709. The lowest BCUT2D eigenvalue weighted by molar-refractivity contribution is 0.102. The van der Waals surface area contributed by atoms with Crippen LogP contribution in [0.2, 0.25) is 0 Å². The lowest BCUT2D eigenvalue weighted by Crippen LogP contribution is -2.23. The molecule has 0 aliphatic heterocycles. The van der Waals surface area contributed by atoms with E-state index in [0.29, 0.717) is 11.3 Å². The summed E-state index contributed by atoms with van der Waals surface area (Å²) in [6.45, 7) is 4.21. The number of halogens is 1. The minimum atomic E-state index is -0.661. The van der Waals surface area contributed by atoms with Gasteiger partial charge in [-0.05, 0) is 37.1 Å². The van der Waals surface area contributed by atoms with E-state index >= 15 is 0 Å². The highest BCUT2D eigenvalue weighted by Gasteiger charge is 2.14. The third kappa shape index (κ3) is 4.47. The largest absolute Gasteiger partial charge is 0.390 e. The molecule has 4 nitrogen and oxygen atoms in total. The summed E-state index contributed by atoms with van der Waals surface area (Å²) in [5, 5.41) is 15.6. The Kier molecular flexibility index (Phi) is 6.02. The molecule has 3 N–H and O–H groups in total. The number of hydrogen-bond acceptors (Lipinski definition) is 3. The number of alkyl halides is 1. The zero-order chi connectivity index (χ0) is 16.8. The van der Waals surface area contributed by atoms with Gasteiger partial charge in [0.25, 0.3) is 5.91 Å². The van der Waals surface area contributed by atoms with Crippen LogP contribution < -0.4 is 10.6 Å². The molecule has 0 heterocycles. The van der Waals surface area contributed by atoms with E-state index in [9.17, 15) is 9.90 Å². The van der Waals surface area contributed by atoms with E-state index in [2.05, 4.69) is 10.6 Å². The summed E-state index contributed by atoms with van der Waals surface area (Å²) in [4.78, 5) is 12.6. The summed E-state index contributed by atoms with van der Waals surface area (Å²) in [5.41, 5.74) is 4.05. The normalized spacial score (nSPS) is 11.8. The van der Waals surface area contributed by atoms with Gasteiger partial charge in [-0.3, -0.25) is 4.79 Å². The molecule has 1 atom stereocenters. The Morgan fingerprint density at radius 3 is 2.43 bits per heavy atom. The Morgan fingerprint density at radius 1 is 1.13 bits per heavy atom. The number of para-hydroxylation sites is 2. The Hall–Kier alpha value is -2.04. The van der Waals surface area contributed by atoms with Crippen LogP contribution in [0.1, 0.15) is 21.5 Å². The monoisotopic (exact) mass is 332 g/mol. The zero-order valence-electron chi connectivity index (χ0n) is 13.3. The number of rotatable bonds is 6. The molecule has 5 heteroatoms. The van der Waals surface area contributed by atoms with Gasteiger partial charge in [-0.25, -0.2) is 0 Å². The first-order chi connectivity index (χ1) is 11.0. The molecule has 2 aromatic rings. The predicted octanol–water partition coefficient (Wildman–Crippen LogP) is 3.57. The van der Waals surface area contributed by atoms with Crippen molar-refractivity contribution in [2.24, 2.45) is 0 Å². The molecule has 1 amide bonds. The molecular weight excluding hydrogens is 312 g/mol. The molecule has 0 spiro atoms. The topological polar surface area (TPSA) is 61.4 Å². The molecule has 0 radical (unpaired) electrons. The van der Waals surface area contributed by atoms with Crippen molar-refractivity contribution in [3.05, 3.63) is 59.2 Å². The number of anilines is 2. The van der Waals surface area contributed by atoms with Gasteiger partial charge in [0.1, 0.15) is 0 Å². The van der Waals surface area contributed by atoms with Crippen molar-refractivity contribution in [1.29, 1.82) is 0 Å². The summed E-state index contributed by atoms with van der Waals surface area (Å²) in [7, 11) is 0. The molecule has 1 unspecified atom stereocenters. The summed E-state index contributed by atoms with van der Waals surface area (Å²) in [5.74, 6) is -0.0464. The molecule has 0 aliphatic rings. The van der Waals surface area contributed by atoms with Gasteiger partial charge in [0.05, 0.1) is 17.5 Å². The highest BCUT2D eigenvalue weighted by Crippen LogP contribution is 2.22. The minimum absolute atomic E-state index is 0.143. The average molecular weight is 333 g/mol. The van der Waals surface area contributed by atoms with Crippen molar-refractivity contribution in [3.63, 3.8) is 0 Å². The molecule has 0 aliphatic carbocycles. The van der Waals surface area contributed by atoms with Crippen molar-refractivity contribution in [2.75, 3.05) is 23.1 Å². The number of carbonyl (C=O) groups excluding carboxylic acids is 1. The van der Waals surface area contributed by atoms with E-state index in [1.807, 2.05) is 44.2 Å². The molecule has 0 saturated carbocycles. The van der Waals surface area contributed by atoms with E-state index in [-0.39, 0.29) is 18.3 Å². The number of hydrogen-bond donors (Lipinski definition) is 3. The second-order valence-corrected chi connectivity index (χ2v) is 5.76. The van der Waals surface area contributed by atoms with Gasteiger partial charge in [0, 0.05) is 17.9 Å². The Bertz CT molecular complexity index is 668. The van der Waals surface area contributed by atoms with Crippen LogP contribution in [0.3, 0.4) is 0 Å². The second kappa shape index (κ2) is 7.99. The lowest BCUT2D eigenvalue weighted by atomic mass is 10.1. The maximum atomic E-state index is 12.6. The van der Waals surface area contributed by atoms with Crippen LogP contribution in [0.4, 0.5) is 11.4 Å². The predicted molar refractivity (Wildman–Crippen MR) is 95.5 cm³/mol. The van der Waals surface area contributed by atoms with Gasteiger partial charge in [-0.1, -0.05) is 30.3 Å². The van der Waals surface area contributed by atoms with Crippen LogP contribution in [-0.4, -0.2) is 29.5 Å². The smallest absolute Gasteiger partial charge is 0.257 e. The summed E-state index contributed by atoms with van der Waals surface area (Å²) < 4.78 is 0. The third-order valence-corrected chi connectivity index (χ3v) is 3.95. The minimum Gasteiger partial charge on any atom is -0.390 e. The zero-order valence-corrected chi connectivity index (χ0v) is 14.0. The highest BCUT2D eigenvalue weighted by molar-refractivity contribution is 6.18. The Morgan fingerprint density at radius 2 is 1.78 bits per heavy atom. The van der Waals surface area contributed by atoms with E-state index in [4.69, 9.17) is 11.6 Å². The fourth-order valence-electron chi connectivity index (χ4n) is 2.31. The van der Waals surface area contributed by atoms with Crippen LogP contribution in [0, 0.1) is 13.8 Å². The SMILES string of the molecule is Cc1cccc(C)c1NC(=O)c1ccccc1NCC(O)CCl. The number of aliphatic hydroxyl groups excluding tert-OH is 1. The molecule has 122 valence electrons. The molecule has 23 heavy (non-hydrogen) atoms. The summed E-state index contributed by atoms with van der Waals surface area (Å²) >= 11 is 5.59. The van der Waals surface area contributed by atoms with Gasteiger partial charge in [0.2, 0.25) is 0 Å². The van der Waals surface area contributed by atoms with Gasteiger partial charge in [-0.2, -0.15) is 0 Å². The number of carbonyl (C=O) groups is 1. The van der Waals surface area contributed by atoms with Crippen molar-refractivity contribution in [3.8, 4) is 0 Å². The van der Waals surface area contributed by atoms with E-state index < -0.39 is 6.10 Å². The Balaban J connectivity index is 2.19. The van der Waals surface area contributed by atoms with Gasteiger partial charge < -0.3 is 15.7 Å². The fraction of sp³-hybridized carbons (Fsp3) is 0.278. The molecule has 2 aromatic carbocycles. The summed E-state index contributed by atoms with van der Waals surface area (Å²) in [6.07, 6.45) is -0.661. The summed E-state index contributed by atoms with van der Waals surface area (Å²) in [6, 6.07) is 13.1. The first-order valence-electron chi connectivity index (χ1n) is 7.47. The number of amides is 1. The van der Waals surface area contributed by atoms with Gasteiger partial charge in [0.15, 0.2) is 0 Å². The van der Waals surface area contributed by atoms with E-state index in [1.54, 1.807) is 12.1 Å². The highest BCUT2D eigenvalue weighted by atomic mass is 35.5. The van der Waals surface area contributed by atoms with Crippen molar-refractivity contribution in [2.45, 2.75) is 20.0 Å². The maximum absolute atomic E-state index is 12.6. The molecule has 0 aromatic heterocycles. The van der Waals surface area contributed by atoms with Gasteiger partial charge in [-0.15, -0.1) is 11.6 Å². The van der Waals surface area contributed by atoms with E-state index in [0.717, 1.165) is 16.8 Å². The molecule has 0 saturated heterocycles. The number of aryl methyl sites for hydroxylation is 2. The van der Waals surface area contributed by atoms with Crippen LogP contribution >= 0.6 is 11.6 Å². The first-order valence-corrected chi connectivity index (χ1v) is 8.01. The fourth-order valence-corrected chi connectivity index (χ4v) is 2.42. The van der Waals surface area contributed by atoms with Crippen LogP contribution in [0.5, 0.6) is 0 Å².